The molecule has 0 saturated heterocycles. The number of furan rings is 1. The second kappa shape index (κ2) is 12.8. The molecule has 9 aromatic carbocycles. The lowest BCUT2D eigenvalue weighted by molar-refractivity contribution is 0.666. The van der Waals surface area contributed by atoms with E-state index in [0.29, 0.717) is 17.5 Å². The van der Waals surface area contributed by atoms with Gasteiger partial charge in [-0.05, 0) is 63.0 Å². The van der Waals surface area contributed by atoms with Crippen LogP contribution in [0.25, 0.3) is 116 Å². The Balaban J connectivity index is 1.12. The van der Waals surface area contributed by atoms with Crippen LogP contribution in [0.2, 0.25) is 0 Å². The lowest BCUT2D eigenvalue weighted by atomic mass is 9.95. The predicted octanol–water partition coefficient (Wildman–Crippen LogP) is 13.8. The van der Waals surface area contributed by atoms with Gasteiger partial charge in [0.15, 0.2) is 23.1 Å². The van der Waals surface area contributed by atoms with Crippen LogP contribution < -0.4 is 0 Å². The maximum atomic E-state index is 6.96. The first-order chi connectivity index (χ1) is 28.8. The molecular formula is C53H32N4O. The van der Waals surface area contributed by atoms with Crippen LogP contribution in [0.4, 0.5) is 0 Å². The van der Waals surface area contributed by atoms with Crippen LogP contribution >= 0.6 is 0 Å². The molecule has 0 amide bonds. The Kier molecular flexibility index (Phi) is 7.16. The summed E-state index contributed by atoms with van der Waals surface area (Å²) >= 11 is 0. The molecule has 12 rings (SSSR count). The minimum Gasteiger partial charge on any atom is -0.454 e. The van der Waals surface area contributed by atoms with Gasteiger partial charge in [0.2, 0.25) is 0 Å². The highest BCUT2D eigenvalue weighted by Gasteiger charge is 2.23. The zero-order chi connectivity index (χ0) is 38.2. The van der Waals surface area contributed by atoms with Gasteiger partial charge in [0, 0.05) is 38.2 Å². The number of fused-ring (bicyclic) bond motifs is 9. The number of nitrogens with zero attached hydrogens (tertiary/aromatic N) is 4. The molecule has 0 unspecified atom stereocenters. The molecule has 58 heavy (non-hydrogen) atoms. The third-order valence-corrected chi connectivity index (χ3v) is 11.4. The molecule has 0 aliphatic heterocycles. The molecule has 0 spiro atoms. The van der Waals surface area contributed by atoms with Gasteiger partial charge in [-0.15, -0.1) is 0 Å². The number of para-hydroxylation sites is 2. The molecule has 270 valence electrons. The van der Waals surface area contributed by atoms with Crippen LogP contribution in [-0.2, 0) is 0 Å². The zero-order valence-electron chi connectivity index (χ0n) is 31.2. The smallest absolute Gasteiger partial charge is 0.164 e. The Morgan fingerprint density at radius 2 is 1.00 bits per heavy atom. The van der Waals surface area contributed by atoms with Gasteiger partial charge in [0.1, 0.15) is 5.58 Å². The molecule has 0 saturated carbocycles. The summed E-state index contributed by atoms with van der Waals surface area (Å²) in [6.45, 7) is 0. The van der Waals surface area contributed by atoms with Crippen molar-refractivity contribution < 1.29 is 4.42 Å². The summed E-state index contributed by atoms with van der Waals surface area (Å²) in [6, 6.07) is 67.9. The summed E-state index contributed by atoms with van der Waals surface area (Å²) in [6.07, 6.45) is 0. The van der Waals surface area contributed by atoms with E-state index in [-0.39, 0.29) is 0 Å². The number of benzene rings is 9. The van der Waals surface area contributed by atoms with Crippen LogP contribution in [0, 0.1) is 0 Å². The van der Waals surface area contributed by atoms with Crippen LogP contribution in [0.1, 0.15) is 0 Å². The van der Waals surface area contributed by atoms with Gasteiger partial charge in [-0.25, -0.2) is 15.0 Å². The van der Waals surface area contributed by atoms with Crippen molar-refractivity contribution in [1.29, 1.82) is 0 Å². The third kappa shape index (κ3) is 5.00. The molecule has 0 bridgehead atoms. The average molecular weight is 741 g/mol. The summed E-state index contributed by atoms with van der Waals surface area (Å²) in [7, 11) is 0. The van der Waals surface area contributed by atoms with Gasteiger partial charge in [-0.2, -0.15) is 0 Å². The van der Waals surface area contributed by atoms with Crippen molar-refractivity contribution in [3.8, 4) is 51.0 Å². The molecule has 0 fully saturated rings. The van der Waals surface area contributed by atoms with Gasteiger partial charge in [0.05, 0.1) is 16.7 Å². The van der Waals surface area contributed by atoms with E-state index >= 15 is 0 Å². The Hall–Kier alpha value is -7.89. The van der Waals surface area contributed by atoms with Crippen molar-refractivity contribution in [2.75, 3.05) is 0 Å². The largest absolute Gasteiger partial charge is 0.454 e. The van der Waals surface area contributed by atoms with E-state index in [0.717, 1.165) is 60.7 Å². The molecule has 0 N–H and O–H groups in total. The van der Waals surface area contributed by atoms with E-state index < -0.39 is 0 Å². The van der Waals surface area contributed by atoms with Crippen LogP contribution in [0.15, 0.2) is 199 Å². The maximum Gasteiger partial charge on any atom is 0.164 e. The van der Waals surface area contributed by atoms with Crippen LogP contribution in [0.3, 0.4) is 0 Å². The fraction of sp³-hybridized carbons (Fsp3) is 0. The van der Waals surface area contributed by atoms with E-state index in [2.05, 4.69) is 156 Å². The molecule has 3 heterocycles. The maximum absolute atomic E-state index is 6.96. The monoisotopic (exact) mass is 740 g/mol. The summed E-state index contributed by atoms with van der Waals surface area (Å²) in [4.78, 5) is 15.4. The highest BCUT2D eigenvalue weighted by molar-refractivity contribution is 6.25. The summed E-state index contributed by atoms with van der Waals surface area (Å²) < 4.78 is 9.33. The minimum atomic E-state index is 0.589. The van der Waals surface area contributed by atoms with E-state index in [9.17, 15) is 0 Å². The lowest BCUT2D eigenvalue weighted by Gasteiger charge is -2.12. The molecule has 0 atom stereocenters. The molecule has 0 radical (unpaired) electrons. The van der Waals surface area contributed by atoms with Gasteiger partial charge in [-0.1, -0.05) is 164 Å². The highest BCUT2D eigenvalue weighted by Crippen LogP contribution is 2.44. The van der Waals surface area contributed by atoms with Gasteiger partial charge in [-0.3, -0.25) is 0 Å². The third-order valence-electron chi connectivity index (χ3n) is 11.4. The van der Waals surface area contributed by atoms with Crippen LogP contribution in [0.5, 0.6) is 0 Å². The van der Waals surface area contributed by atoms with Crippen molar-refractivity contribution in [2.24, 2.45) is 0 Å². The zero-order valence-corrected chi connectivity index (χ0v) is 31.2. The van der Waals surface area contributed by atoms with E-state index in [1.165, 1.54) is 38.1 Å². The van der Waals surface area contributed by atoms with Crippen LogP contribution in [-0.4, -0.2) is 19.5 Å². The van der Waals surface area contributed by atoms with Crippen molar-refractivity contribution in [3.05, 3.63) is 194 Å². The van der Waals surface area contributed by atoms with Crippen molar-refractivity contribution in [3.63, 3.8) is 0 Å². The van der Waals surface area contributed by atoms with E-state index in [1.54, 1.807) is 0 Å². The molecule has 5 nitrogen and oxygen atoms in total. The molecular weight excluding hydrogens is 709 g/mol. The van der Waals surface area contributed by atoms with Gasteiger partial charge in [0.25, 0.3) is 0 Å². The van der Waals surface area contributed by atoms with Crippen molar-refractivity contribution in [2.45, 2.75) is 0 Å². The minimum absolute atomic E-state index is 0.589. The molecule has 5 heteroatoms. The SMILES string of the molecule is c1ccc(-c2nc(-c3ccc4ccccc4c3)nc(-c3cccc4oc5c(-n6c7ccccc7c7c8ccccc8c(-c8ccccc8)cc76)cccc5c34)n2)cc1. The Labute approximate surface area is 333 Å². The molecule has 12 aromatic rings. The summed E-state index contributed by atoms with van der Waals surface area (Å²) in [5, 5.41) is 9.12. The first-order valence-corrected chi connectivity index (χ1v) is 19.5. The first-order valence-electron chi connectivity index (χ1n) is 19.5. The quantitative estimate of drug-likeness (QED) is 0.176. The van der Waals surface area contributed by atoms with Gasteiger partial charge >= 0.3 is 0 Å². The summed E-state index contributed by atoms with van der Waals surface area (Å²) in [5.74, 6) is 1.82. The normalized spacial score (nSPS) is 11.8. The molecule has 0 aliphatic carbocycles. The number of hydrogen-bond acceptors (Lipinski definition) is 4. The second-order valence-corrected chi connectivity index (χ2v) is 14.8. The van der Waals surface area contributed by atoms with Gasteiger partial charge < -0.3 is 8.98 Å². The van der Waals surface area contributed by atoms with Crippen molar-refractivity contribution in [1.82, 2.24) is 19.5 Å². The van der Waals surface area contributed by atoms with E-state index in [4.69, 9.17) is 19.4 Å². The Bertz CT molecular complexity index is 3570. The highest BCUT2D eigenvalue weighted by atomic mass is 16.3. The topological polar surface area (TPSA) is 56.7 Å². The number of hydrogen-bond donors (Lipinski definition) is 0. The predicted molar refractivity (Wildman–Crippen MR) is 238 cm³/mol. The first kappa shape index (κ1) is 32.4. The Morgan fingerprint density at radius 3 is 1.83 bits per heavy atom. The Morgan fingerprint density at radius 1 is 0.362 bits per heavy atom. The summed E-state index contributed by atoms with van der Waals surface area (Å²) in [5.41, 5.74) is 9.89. The second-order valence-electron chi connectivity index (χ2n) is 14.8. The fourth-order valence-electron chi connectivity index (χ4n) is 8.81. The fourth-order valence-corrected chi connectivity index (χ4v) is 8.81. The lowest BCUT2D eigenvalue weighted by Crippen LogP contribution is -2.00. The average Bonchev–Trinajstić information content (AvgIpc) is 3.85. The molecule has 3 aromatic heterocycles. The van der Waals surface area contributed by atoms with E-state index in [1.807, 2.05) is 42.5 Å². The number of rotatable bonds is 5. The molecule has 0 aliphatic rings. The standard InChI is InChI=1S/C53H32N4O/c1-3-16-34(17-4-1)43-32-46-48(39-22-10-9-21-38(39)43)40-23-11-12-26-44(40)57(46)45-27-13-24-41-49-42(25-14-28-47(49)58-50(41)45)53-55-51(35-18-5-2-6-19-35)54-52(56-53)37-30-29-33-15-7-8-20-36(33)31-37/h1-32H. The van der Waals surface area contributed by atoms with Crippen molar-refractivity contribution >= 4 is 65.3 Å². The number of aromatic nitrogens is 4.